The van der Waals surface area contributed by atoms with Gasteiger partial charge in [0.25, 0.3) is 10.0 Å². The molecule has 3 aromatic rings. The fourth-order valence-corrected chi connectivity index (χ4v) is 5.69. The number of amides is 2. The number of nitrogens with zero attached hydrogens (tertiary/aromatic N) is 2. The molecule has 7 nitrogen and oxygen atoms in total. The van der Waals surface area contributed by atoms with Crippen molar-refractivity contribution in [3.63, 3.8) is 0 Å². The predicted octanol–water partition coefficient (Wildman–Crippen LogP) is 4.01. The topological polar surface area (TPSA) is 86.8 Å². The summed E-state index contributed by atoms with van der Waals surface area (Å²) in [5.41, 5.74) is 4.09. The smallest absolute Gasteiger partial charge is 0.264 e. The Balaban J connectivity index is 2.01. The Bertz CT molecular complexity index is 1340. The van der Waals surface area contributed by atoms with Gasteiger partial charge < -0.3 is 10.2 Å². The zero-order valence-electron chi connectivity index (χ0n) is 22.1. The van der Waals surface area contributed by atoms with Crippen molar-refractivity contribution in [2.24, 2.45) is 0 Å². The van der Waals surface area contributed by atoms with Crippen LogP contribution in [0.1, 0.15) is 29.2 Å². The van der Waals surface area contributed by atoms with E-state index in [1.807, 2.05) is 63.2 Å². The second-order valence-electron chi connectivity index (χ2n) is 9.23. The van der Waals surface area contributed by atoms with Gasteiger partial charge in [0.1, 0.15) is 12.6 Å². The minimum atomic E-state index is -4.07. The monoisotopic (exact) mass is 521 g/mol. The van der Waals surface area contributed by atoms with E-state index in [1.165, 1.54) is 11.9 Å². The zero-order chi connectivity index (χ0) is 27.2. The van der Waals surface area contributed by atoms with Gasteiger partial charge in [-0.1, -0.05) is 65.7 Å². The van der Waals surface area contributed by atoms with E-state index in [9.17, 15) is 18.0 Å². The van der Waals surface area contributed by atoms with Gasteiger partial charge in [-0.2, -0.15) is 0 Å². The van der Waals surface area contributed by atoms with Gasteiger partial charge in [-0.3, -0.25) is 13.9 Å². The summed E-state index contributed by atoms with van der Waals surface area (Å²) in [7, 11) is -2.55. The number of anilines is 1. The fraction of sp³-hybridized carbons (Fsp3) is 0.310. The molecule has 0 aromatic heterocycles. The van der Waals surface area contributed by atoms with Crippen LogP contribution < -0.4 is 9.62 Å². The fourth-order valence-electron chi connectivity index (χ4n) is 4.21. The van der Waals surface area contributed by atoms with Crippen molar-refractivity contribution in [2.75, 3.05) is 24.4 Å². The van der Waals surface area contributed by atoms with Gasteiger partial charge in [-0.15, -0.1) is 0 Å². The number of likely N-dealkylation sites (N-methyl/N-ethyl adjacent to an activating group) is 1. The Morgan fingerprint density at radius 2 is 1.51 bits per heavy atom. The molecule has 1 atom stereocenters. The number of benzene rings is 3. The molecule has 3 aromatic carbocycles. The summed E-state index contributed by atoms with van der Waals surface area (Å²) in [6.45, 7) is 7.12. The maximum atomic E-state index is 13.9. The lowest BCUT2D eigenvalue weighted by Gasteiger charge is -2.32. The van der Waals surface area contributed by atoms with E-state index in [-0.39, 0.29) is 17.3 Å². The molecule has 0 heterocycles. The standard InChI is InChI=1S/C29H35N3O4S/c1-21-11-14-26(15-12-21)37(35,36)32(27-16-13-22(2)19-23(27)3)20-28(33)31(24(4)29(34)30-5)18-17-25-9-7-6-8-10-25/h6-16,19,24H,17-18,20H2,1-5H3,(H,30,34). The molecule has 1 N–H and O–H groups in total. The maximum Gasteiger partial charge on any atom is 0.264 e. The van der Waals surface area contributed by atoms with Gasteiger partial charge in [-0.25, -0.2) is 8.42 Å². The van der Waals surface area contributed by atoms with Crippen molar-refractivity contribution >= 4 is 27.5 Å². The first-order valence-electron chi connectivity index (χ1n) is 12.3. The number of hydrogen-bond acceptors (Lipinski definition) is 4. The number of carbonyl (C=O) groups is 2. The molecular formula is C29H35N3O4S. The second-order valence-corrected chi connectivity index (χ2v) is 11.1. The Labute approximate surface area is 220 Å². The average molecular weight is 522 g/mol. The molecule has 37 heavy (non-hydrogen) atoms. The Morgan fingerprint density at radius 3 is 2.11 bits per heavy atom. The number of nitrogens with one attached hydrogen (secondary N) is 1. The lowest BCUT2D eigenvalue weighted by atomic mass is 10.1. The predicted molar refractivity (Wildman–Crippen MR) is 147 cm³/mol. The molecule has 0 aliphatic rings. The van der Waals surface area contributed by atoms with E-state index in [2.05, 4.69) is 5.32 Å². The van der Waals surface area contributed by atoms with Crippen molar-refractivity contribution < 1.29 is 18.0 Å². The molecule has 1 unspecified atom stereocenters. The highest BCUT2D eigenvalue weighted by Gasteiger charge is 2.32. The normalized spacial score (nSPS) is 12.0. The third kappa shape index (κ3) is 6.77. The number of rotatable bonds is 10. The van der Waals surface area contributed by atoms with E-state index in [0.29, 0.717) is 12.1 Å². The van der Waals surface area contributed by atoms with E-state index in [1.54, 1.807) is 37.3 Å². The van der Waals surface area contributed by atoms with Crippen LogP contribution in [0.4, 0.5) is 5.69 Å². The van der Waals surface area contributed by atoms with Crippen LogP contribution in [0.3, 0.4) is 0 Å². The highest BCUT2D eigenvalue weighted by molar-refractivity contribution is 7.92. The molecular weight excluding hydrogens is 486 g/mol. The van der Waals surface area contributed by atoms with Crippen LogP contribution in [-0.4, -0.2) is 51.3 Å². The van der Waals surface area contributed by atoms with Crippen molar-refractivity contribution in [1.82, 2.24) is 10.2 Å². The molecule has 0 aliphatic carbocycles. The highest BCUT2D eigenvalue weighted by Crippen LogP contribution is 2.28. The minimum absolute atomic E-state index is 0.0982. The Kier molecular flexibility index (Phi) is 9.10. The van der Waals surface area contributed by atoms with Crippen LogP contribution in [0.15, 0.2) is 77.7 Å². The van der Waals surface area contributed by atoms with Crippen LogP contribution in [0, 0.1) is 20.8 Å². The molecule has 196 valence electrons. The third-order valence-electron chi connectivity index (χ3n) is 6.41. The first kappa shape index (κ1) is 27.9. The molecule has 3 rings (SSSR count). The minimum Gasteiger partial charge on any atom is -0.357 e. The molecule has 0 radical (unpaired) electrons. The van der Waals surface area contributed by atoms with Crippen molar-refractivity contribution in [1.29, 1.82) is 0 Å². The van der Waals surface area contributed by atoms with Crippen LogP contribution >= 0.6 is 0 Å². The van der Waals surface area contributed by atoms with E-state index >= 15 is 0 Å². The molecule has 0 saturated heterocycles. The second kappa shape index (κ2) is 12.1. The van der Waals surface area contributed by atoms with Crippen LogP contribution in [0.5, 0.6) is 0 Å². The van der Waals surface area contributed by atoms with Crippen LogP contribution in [0.2, 0.25) is 0 Å². The molecule has 2 amide bonds. The van der Waals surface area contributed by atoms with Gasteiger partial charge in [0.15, 0.2) is 0 Å². The van der Waals surface area contributed by atoms with Crippen molar-refractivity contribution in [2.45, 2.75) is 45.1 Å². The number of carbonyl (C=O) groups excluding carboxylic acids is 2. The molecule has 0 aliphatic heterocycles. The first-order chi connectivity index (χ1) is 17.5. The lowest BCUT2D eigenvalue weighted by Crippen LogP contribution is -2.51. The molecule has 0 saturated carbocycles. The summed E-state index contributed by atoms with van der Waals surface area (Å²) in [4.78, 5) is 27.8. The summed E-state index contributed by atoms with van der Waals surface area (Å²) in [6, 6.07) is 20.9. The number of aryl methyl sites for hydroxylation is 3. The van der Waals surface area contributed by atoms with Crippen LogP contribution in [0.25, 0.3) is 0 Å². The van der Waals surface area contributed by atoms with Gasteiger partial charge >= 0.3 is 0 Å². The molecule has 0 spiro atoms. The SMILES string of the molecule is CNC(=O)C(C)N(CCc1ccccc1)C(=O)CN(c1ccc(C)cc1C)S(=O)(=O)c1ccc(C)cc1. The third-order valence-corrected chi connectivity index (χ3v) is 8.18. The summed E-state index contributed by atoms with van der Waals surface area (Å²) in [6.07, 6.45) is 0.530. The Morgan fingerprint density at radius 1 is 0.892 bits per heavy atom. The largest absolute Gasteiger partial charge is 0.357 e. The molecule has 0 bridgehead atoms. The lowest BCUT2D eigenvalue weighted by molar-refractivity contribution is -0.138. The summed E-state index contributed by atoms with van der Waals surface area (Å²) in [5.74, 6) is -0.774. The zero-order valence-corrected chi connectivity index (χ0v) is 22.9. The van der Waals surface area contributed by atoms with Crippen LogP contribution in [-0.2, 0) is 26.0 Å². The van der Waals surface area contributed by atoms with Gasteiger partial charge in [0, 0.05) is 13.6 Å². The summed E-state index contributed by atoms with van der Waals surface area (Å²) >= 11 is 0. The molecule has 8 heteroatoms. The maximum absolute atomic E-state index is 13.9. The van der Waals surface area contributed by atoms with E-state index < -0.39 is 28.5 Å². The van der Waals surface area contributed by atoms with Gasteiger partial charge in [-0.05, 0) is 63.4 Å². The van der Waals surface area contributed by atoms with Gasteiger partial charge in [0.2, 0.25) is 11.8 Å². The summed E-state index contributed by atoms with van der Waals surface area (Å²) < 4.78 is 28.9. The summed E-state index contributed by atoms with van der Waals surface area (Å²) in [5, 5.41) is 2.60. The average Bonchev–Trinajstić information content (AvgIpc) is 2.88. The Hall–Kier alpha value is -3.65. The molecule has 0 fully saturated rings. The highest BCUT2D eigenvalue weighted by atomic mass is 32.2. The van der Waals surface area contributed by atoms with Crippen molar-refractivity contribution in [3.8, 4) is 0 Å². The van der Waals surface area contributed by atoms with Gasteiger partial charge in [0.05, 0.1) is 10.6 Å². The number of sulfonamides is 1. The first-order valence-corrected chi connectivity index (χ1v) is 13.7. The van der Waals surface area contributed by atoms with E-state index in [0.717, 1.165) is 26.6 Å². The van der Waals surface area contributed by atoms with Crippen molar-refractivity contribution in [3.05, 3.63) is 95.1 Å². The van der Waals surface area contributed by atoms with E-state index in [4.69, 9.17) is 0 Å². The number of hydrogen-bond donors (Lipinski definition) is 1. The quantitative estimate of drug-likeness (QED) is 0.437.